The van der Waals surface area contributed by atoms with Crippen LogP contribution in [0.15, 0.2) is 24.3 Å². The number of likely N-dealkylation sites (tertiary alicyclic amines) is 2. The molecule has 2 aliphatic rings. The molecular formula is C34H52N4O4. The van der Waals surface area contributed by atoms with E-state index in [1.807, 2.05) is 79.0 Å². The van der Waals surface area contributed by atoms with E-state index in [0.29, 0.717) is 11.8 Å². The Balaban J connectivity index is 0.000000230. The third-order valence-corrected chi connectivity index (χ3v) is 7.30. The maximum Gasteiger partial charge on any atom is 0.410 e. The summed E-state index contributed by atoms with van der Waals surface area (Å²) < 4.78 is 11.0. The van der Waals surface area contributed by atoms with E-state index in [-0.39, 0.29) is 12.2 Å². The molecule has 0 aromatic carbocycles. The third kappa shape index (κ3) is 10.6. The maximum atomic E-state index is 12.2. The number of carbonyl (C=O) groups is 2. The Kier molecular flexibility index (Phi) is 11.0. The largest absolute Gasteiger partial charge is 0.444 e. The molecular weight excluding hydrogens is 528 g/mol. The molecule has 8 heteroatoms. The molecule has 0 saturated carbocycles. The number of ether oxygens (including phenoxy) is 2. The predicted octanol–water partition coefficient (Wildman–Crippen LogP) is 7.63. The third-order valence-electron chi connectivity index (χ3n) is 7.30. The van der Waals surface area contributed by atoms with Gasteiger partial charge in [0.25, 0.3) is 0 Å². The van der Waals surface area contributed by atoms with Crippen LogP contribution in [0.3, 0.4) is 0 Å². The van der Waals surface area contributed by atoms with Crippen LogP contribution < -0.4 is 0 Å². The molecule has 0 aliphatic carbocycles. The van der Waals surface area contributed by atoms with Gasteiger partial charge in [0.2, 0.25) is 0 Å². The number of rotatable bonds is 2. The van der Waals surface area contributed by atoms with Crippen LogP contribution in [-0.2, 0) is 9.47 Å². The lowest BCUT2D eigenvalue weighted by Crippen LogP contribution is -2.42. The molecule has 8 nitrogen and oxygen atoms in total. The SMILES string of the molecule is Cc1cc([C@@H]2CCCN(C(=O)OC(C)(C)C)C2)cc(C)n1.Cc1cc([C@H]2CCCN(C(=O)OC(C)(C)C)C2)cc(C)n1. The number of amides is 2. The summed E-state index contributed by atoms with van der Waals surface area (Å²) in [6.45, 7) is 22.5. The number of carbonyl (C=O) groups excluding carboxylic acids is 2. The highest BCUT2D eigenvalue weighted by Gasteiger charge is 2.30. The average Bonchev–Trinajstić information content (AvgIpc) is 2.86. The molecule has 2 amide bonds. The van der Waals surface area contributed by atoms with Crippen LogP contribution in [0.5, 0.6) is 0 Å². The Bertz CT molecular complexity index is 1100. The van der Waals surface area contributed by atoms with Gasteiger partial charge >= 0.3 is 12.2 Å². The standard InChI is InChI=1S/2C17H26N2O2/c2*1-12-9-15(10-13(2)18-12)14-7-6-8-19(11-14)16(20)21-17(3,4)5/h2*9-10,14H,6-8,11H2,1-5H3/t2*14-/m10/s1. The maximum absolute atomic E-state index is 12.2. The molecule has 4 rings (SSSR count). The summed E-state index contributed by atoms with van der Waals surface area (Å²) in [6.07, 6.45) is 3.86. The highest BCUT2D eigenvalue weighted by atomic mass is 16.6. The quantitative estimate of drug-likeness (QED) is 0.363. The summed E-state index contributed by atoms with van der Waals surface area (Å²) in [7, 11) is 0. The Morgan fingerprint density at radius 3 is 1.24 bits per heavy atom. The smallest absolute Gasteiger partial charge is 0.410 e. The van der Waals surface area contributed by atoms with Crippen LogP contribution >= 0.6 is 0 Å². The molecule has 4 heterocycles. The van der Waals surface area contributed by atoms with Gasteiger partial charge in [0.1, 0.15) is 11.2 Å². The van der Waals surface area contributed by atoms with Crippen molar-refractivity contribution in [2.24, 2.45) is 0 Å². The van der Waals surface area contributed by atoms with Crippen molar-refractivity contribution in [1.82, 2.24) is 19.8 Å². The normalized spacial score (nSPS) is 19.5. The summed E-state index contributed by atoms with van der Waals surface area (Å²) in [5, 5.41) is 0. The van der Waals surface area contributed by atoms with Crippen molar-refractivity contribution in [3.63, 3.8) is 0 Å². The Labute approximate surface area is 253 Å². The van der Waals surface area contributed by atoms with Crippen LogP contribution in [0.1, 0.15) is 113 Å². The number of aryl methyl sites for hydroxylation is 4. The van der Waals surface area contributed by atoms with Crippen molar-refractivity contribution in [2.75, 3.05) is 26.2 Å². The second-order valence-electron chi connectivity index (χ2n) is 13.9. The first kappa shape index (κ1) is 33.3. The summed E-state index contributed by atoms with van der Waals surface area (Å²) in [6, 6.07) is 8.54. The van der Waals surface area contributed by atoms with Crippen molar-refractivity contribution in [2.45, 2.75) is 118 Å². The van der Waals surface area contributed by atoms with Crippen molar-refractivity contribution in [3.8, 4) is 0 Å². The van der Waals surface area contributed by atoms with Crippen molar-refractivity contribution >= 4 is 12.2 Å². The molecule has 2 atom stereocenters. The second kappa shape index (κ2) is 13.9. The Morgan fingerprint density at radius 1 is 0.643 bits per heavy atom. The molecule has 2 aromatic rings. The van der Waals surface area contributed by atoms with E-state index in [1.54, 1.807) is 0 Å². The molecule has 232 valence electrons. The van der Waals surface area contributed by atoms with E-state index in [9.17, 15) is 9.59 Å². The number of hydrogen-bond donors (Lipinski definition) is 0. The summed E-state index contributed by atoms with van der Waals surface area (Å²) >= 11 is 0. The fourth-order valence-electron chi connectivity index (χ4n) is 5.69. The molecule has 2 aromatic heterocycles. The van der Waals surface area contributed by atoms with Crippen molar-refractivity contribution < 1.29 is 19.1 Å². The highest BCUT2D eigenvalue weighted by Crippen LogP contribution is 2.30. The number of aromatic nitrogens is 2. The van der Waals surface area contributed by atoms with Gasteiger partial charge in [-0.25, -0.2) is 9.59 Å². The zero-order valence-electron chi connectivity index (χ0n) is 27.5. The first-order valence-corrected chi connectivity index (χ1v) is 15.4. The van der Waals surface area contributed by atoms with Gasteiger partial charge in [-0.15, -0.1) is 0 Å². The Hall–Kier alpha value is -3.16. The molecule has 2 saturated heterocycles. The molecule has 42 heavy (non-hydrogen) atoms. The van der Waals surface area contributed by atoms with Gasteiger partial charge in [-0.1, -0.05) is 0 Å². The molecule has 0 spiro atoms. The lowest BCUT2D eigenvalue weighted by Gasteiger charge is -2.34. The van der Waals surface area contributed by atoms with Gasteiger partial charge in [-0.2, -0.15) is 0 Å². The van der Waals surface area contributed by atoms with E-state index in [0.717, 1.165) is 74.6 Å². The van der Waals surface area contributed by atoms with E-state index >= 15 is 0 Å². The van der Waals surface area contributed by atoms with Crippen molar-refractivity contribution in [1.29, 1.82) is 0 Å². The minimum atomic E-state index is -0.437. The number of hydrogen-bond acceptors (Lipinski definition) is 6. The minimum Gasteiger partial charge on any atom is -0.444 e. The van der Waals surface area contributed by atoms with Crippen LogP contribution in [0.25, 0.3) is 0 Å². The molecule has 0 N–H and O–H groups in total. The lowest BCUT2D eigenvalue weighted by molar-refractivity contribution is 0.0188. The van der Waals surface area contributed by atoms with Gasteiger partial charge in [-0.05, 0) is 130 Å². The Morgan fingerprint density at radius 2 is 0.952 bits per heavy atom. The fraction of sp³-hybridized carbons (Fsp3) is 0.647. The monoisotopic (exact) mass is 580 g/mol. The number of pyridine rings is 2. The van der Waals surface area contributed by atoms with Gasteiger partial charge in [-0.3, -0.25) is 9.97 Å². The molecule has 0 radical (unpaired) electrons. The molecule has 0 unspecified atom stereocenters. The predicted molar refractivity (Wildman–Crippen MR) is 167 cm³/mol. The molecule has 2 fully saturated rings. The lowest BCUT2D eigenvalue weighted by atomic mass is 9.90. The number of nitrogens with zero attached hydrogens (tertiary/aromatic N) is 4. The first-order valence-electron chi connectivity index (χ1n) is 15.4. The fourth-order valence-corrected chi connectivity index (χ4v) is 5.69. The van der Waals surface area contributed by atoms with E-state index in [1.165, 1.54) is 11.1 Å². The zero-order chi connectivity index (χ0) is 31.2. The van der Waals surface area contributed by atoms with Gasteiger partial charge in [0, 0.05) is 60.8 Å². The van der Waals surface area contributed by atoms with Crippen LogP contribution in [0.4, 0.5) is 9.59 Å². The van der Waals surface area contributed by atoms with E-state index in [2.05, 4.69) is 34.2 Å². The van der Waals surface area contributed by atoms with E-state index in [4.69, 9.17) is 9.47 Å². The van der Waals surface area contributed by atoms with Crippen molar-refractivity contribution in [3.05, 3.63) is 58.2 Å². The van der Waals surface area contributed by atoms with Crippen LogP contribution in [-0.4, -0.2) is 69.3 Å². The zero-order valence-corrected chi connectivity index (χ0v) is 27.5. The van der Waals surface area contributed by atoms with Crippen LogP contribution in [0, 0.1) is 27.7 Å². The van der Waals surface area contributed by atoms with E-state index < -0.39 is 11.2 Å². The minimum absolute atomic E-state index is 0.199. The summed E-state index contributed by atoms with van der Waals surface area (Å²) in [5.41, 5.74) is 5.86. The molecule has 2 aliphatic heterocycles. The van der Waals surface area contributed by atoms with Gasteiger partial charge in [0.15, 0.2) is 0 Å². The van der Waals surface area contributed by atoms with Gasteiger partial charge < -0.3 is 19.3 Å². The number of piperidine rings is 2. The average molecular weight is 581 g/mol. The van der Waals surface area contributed by atoms with Gasteiger partial charge in [0.05, 0.1) is 0 Å². The first-order chi connectivity index (χ1) is 19.5. The topological polar surface area (TPSA) is 84.9 Å². The highest BCUT2D eigenvalue weighted by molar-refractivity contribution is 5.69. The summed E-state index contributed by atoms with van der Waals surface area (Å²) in [5.74, 6) is 0.762. The second-order valence-corrected chi connectivity index (χ2v) is 13.9. The summed E-state index contributed by atoms with van der Waals surface area (Å²) in [4.78, 5) is 37.0. The molecule has 0 bridgehead atoms. The van der Waals surface area contributed by atoms with Crippen LogP contribution in [0.2, 0.25) is 0 Å².